The predicted octanol–water partition coefficient (Wildman–Crippen LogP) is 4.47. The van der Waals surface area contributed by atoms with Crippen LogP contribution in [-0.2, 0) is 10.0 Å². The van der Waals surface area contributed by atoms with E-state index in [0.717, 1.165) is 9.75 Å². The van der Waals surface area contributed by atoms with Crippen LogP contribution < -0.4 is 4.72 Å². The van der Waals surface area contributed by atoms with Gasteiger partial charge in [-0.1, -0.05) is 23.2 Å². The molecule has 0 bridgehead atoms. The van der Waals surface area contributed by atoms with Gasteiger partial charge in [0.1, 0.15) is 4.90 Å². The lowest BCUT2D eigenvalue weighted by Gasteiger charge is -2.08. The lowest BCUT2D eigenvalue weighted by atomic mass is 10.3. The van der Waals surface area contributed by atoms with E-state index < -0.39 is 10.0 Å². The molecule has 1 aromatic carbocycles. The van der Waals surface area contributed by atoms with E-state index in [1.54, 1.807) is 25.1 Å². The summed E-state index contributed by atoms with van der Waals surface area (Å²) in [6.07, 6.45) is 0. The van der Waals surface area contributed by atoms with Crippen molar-refractivity contribution in [2.24, 2.45) is 0 Å². The Labute approximate surface area is 126 Å². The van der Waals surface area contributed by atoms with Crippen LogP contribution >= 0.6 is 34.5 Å². The van der Waals surface area contributed by atoms with Crippen LogP contribution in [0, 0.1) is 13.8 Å². The molecule has 1 N–H and O–H groups in total. The number of rotatable bonds is 3. The van der Waals surface area contributed by atoms with Gasteiger partial charge < -0.3 is 0 Å². The zero-order valence-electron chi connectivity index (χ0n) is 10.2. The first kappa shape index (κ1) is 14.7. The fraction of sp³-hybridized carbons (Fsp3) is 0.167. The Morgan fingerprint density at radius 2 is 1.79 bits per heavy atom. The second-order valence-corrected chi connectivity index (χ2v) is 7.94. The first-order valence-corrected chi connectivity index (χ1v) is 8.40. The molecule has 2 aromatic rings. The Bertz CT molecular complexity index is 723. The fourth-order valence-electron chi connectivity index (χ4n) is 1.64. The normalized spacial score (nSPS) is 11.6. The van der Waals surface area contributed by atoms with E-state index in [9.17, 15) is 8.42 Å². The van der Waals surface area contributed by atoms with Gasteiger partial charge in [-0.2, -0.15) is 0 Å². The highest BCUT2D eigenvalue weighted by molar-refractivity contribution is 7.93. The molecule has 0 aliphatic heterocycles. The van der Waals surface area contributed by atoms with Crippen molar-refractivity contribution in [3.63, 3.8) is 0 Å². The lowest BCUT2D eigenvalue weighted by molar-refractivity contribution is 0.601. The van der Waals surface area contributed by atoms with Crippen LogP contribution in [0.15, 0.2) is 29.2 Å². The van der Waals surface area contributed by atoms with Crippen LogP contribution in [-0.4, -0.2) is 8.42 Å². The van der Waals surface area contributed by atoms with E-state index in [2.05, 4.69) is 4.72 Å². The molecule has 1 aromatic heterocycles. The molecule has 0 saturated heterocycles. The molecule has 0 fully saturated rings. The van der Waals surface area contributed by atoms with Crippen molar-refractivity contribution in [3.8, 4) is 0 Å². The molecule has 0 saturated carbocycles. The topological polar surface area (TPSA) is 46.2 Å². The number of halogens is 2. The smallest absolute Gasteiger partial charge is 0.262 e. The van der Waals surface area contributed by atoms with Crippen molar-refractivity contribution >= 4 is 50.2 Å². The maximum Gasteiger partial charge on any atom is 0.262 e. The van der Waals surface area contributed by atoms with Crippen LogP contribution in [0.25, 0.3) is 0 Å². The number of hydrogen-bond acceptors (Lipinski definition) is 3. The number of hydrogen-bond donors (Lipinski definition) is 1. The van der Waals surface area contributed by atoms with Gasteiger partial charge in [0.2, 0.25) is 0 Å². The SMILES string of the molecule is Cc1cc(S(=O)(=O)Nc2ccc(Cl)c(Cl)c2)c(C)s1. The van der Waals surface area contributed by atoms with Gasteiger partial charge in [0.15, 0.2) is 0 Å². The molecule has 0 amide bonds. The maximum atomic E-state index is 12.3. The molecule has 0 aliphatic rings. The van der Waals surface area contributed by atoms with Crippen LogP contribution in [0.3, 0.4) is 0 Å². The third-order valence-corrected chi connectivity index (χ3v) is 5.80. The van der Waals surface area contributed by atoms with Gasteiger partial charge in [-0.05, 0) is 38.1 Å². The molecule has 0 radical (unpaired) electrons. The molecule has 0 spiro atoms. The molecule has 3 nitrogen and oxygen atoms in total. The van der Waals surface area contributed by atoms with E-state index in [4.69, 9.17) is 23.2 Å². The average Bonchev–Trinajstić information content (AvgIpc) is 2.63. The molecule has 1 heterocycles. The number of thiophene rings is 1. The molecule has 0 atom stereocenters. The summed E-state index contributed by atoms with van der Waals surface area (Å²) in [4.78, 5) is 2.00. The highest BCUT2D eigenvalue weighted by Gasteiger charge is 2.19. The molecular weight excluding hydrogens is 325 g/mol. The van der Waals surface area contributed by atoms with Crippen molar-refractivity contribution in [2.75, 3.05) is 4.72 Å². The summed E-state index contributed by atoms with van der Waals surface area (Å²) >= 11 is 13.1. The second-order valence-electron chi connectivity index (χ2n) is 4.01. The zero-order chi connectivity index (χ0) is 14.2. The van der Waals surface area contributed by atoms with E-state index in [1.165, 1.54) is 17.4 Å². The Hall–Kier alpha value is -0.750. The summed E-state index contributed by atoms with van der Waals surface area (Å²) < 4.78 is 27.0. The Morgan fingerprint density at radius 3 is 2.32 bits per heavy atom. The monoisotopic (exact) mass is 335 g/mol. The number of benzene rings is 1. The summed E-state index contributed by atoms with van der Waals surface area (Å²) in [7, 11) is -3.59. The van der Waals surface area contributed by atoms with Crippen LogP contribution in [0.2, 0.25) is 10.0 Å². The van der Waals surface area contributed by atoms with Gasteiger partial charge >= 0.3 is 0 Å². The summed E-state index contributed by atoms with van der Waals surface area (Å²) in [6.45, 7) is 3.65. The van der Waals surface area contributed by atoms with Crippen LogP contribution in [0.5, 0.6) is 0 Å². The van der Waals surface area contributed by atoms with E-state index in [-0.39, 0.29) is 0 Å². The maximum absolute atomic E-state index is 12.3. The Morgan fingerprint density at radius 1 is 1.11 bits per heavy atom. The molecule has 7 heteroatoms. The van der Waals surface area contributed by atoms with E-state index in [0.29, 0.717) is 20.6 Å². The van der Waals surface area contributed by atoms with Gasteiger partial charge in [-0.15, -0.1) is 11.3 Å². The van der Waals surface area contributed by atoms with E-state index in [1.807, 2.05) is 6.92 Å². The predicted molar refractivity (Wildman–Crippen MR) is 81.1 cm³/mol. The van der Waals surface area contributed by atoms with Gasteiger partial charge in [0.05, 0.1) is 15.7 Å². The van der Waals surface area contributed by atoms with Gasteiger partial charge in [-0.3, -0.25) is 4.72 Å². The summed E-state index contributed by atoms with van der Waals surface area (Å²) in [5.74, 6) is 0. The first-order valence-electron chi connectivity index (χ1n) is 5.34. The third kappa shape index (κ3) is 3.23. The molecular formula is C12H11Cl2NO2S2. The number of anilines is 1. The fourth-order valence-corrected chi connectivity index (χ4v) is 4.55. The van der Waals surface area contributed by atoms with Gasteiger partial charge in [-0.25, -0.2) is 8.42 Å². The summed E-state index contributed by atoms with van der Waals surface area (Å²) in [5, 5.41) is 0.687. The van der Waals surface area contributed by atoms with Crippen molar-refractivity contribution in [3.05, 3.63) is 44.1 Å². The average molecular weight is 336 g/mol. The quantitative estimate of drug-likeness (QED) is 0.899. The third-order valence-electron chi connectivity index (χ3n) is 2.46. The van der Waals surface area contributed by atoms with Crippen molar-refractivity contribution < 1.29 is 8.42 Å². The number of nitrogens with one attached hydrogen (secondary N) is 1. The minimum absolute atomic E-state index is 0.293. The molecule has 0 unspecified atom stereocenters. The number of aryl methyl sites for hydroxylation is 2. The molecule has 0 aliphatic carbocycles. The Kier molecular flexibility index (Phi) is 4.11. The van der Waals surface area contributed by atoms with Gasteiger partial charge in [0.25, 0.3) is 10.0 Å². The first-order chi connectivity index (χ1) is 8.79. The lowest BCUT2D eigenvalue weighted by Crippen LogP contribution is -2.13. The number of sulfonamides is 1. The van der Waals surface area contributed by atoms with E-state index >= 15 is 0 Å². The van der Waals surface area contributed by atoms with Crippen molar-refractivity contribution in [2.45, 2.75) is 18.7 Å². The molecule has 102 valence electrons. The highest BCUT2D eigenvalue weighted by atomic mass is 35.5. The van der Waals surface area contributed by atoms with Gasteiger partial charge in [0, 0.05) is 9.75 Å². The standard InChI is InChI=1S/C12H11Cl2NO2S2/c1-7-5-12(8(2)18-7)19(16,17)15-9-3-4-10(13)11(14)6-9/h3-6,15H,1-2H3. The Balaban J connectivity index is 2.36. The highest BCUT2D eigenvalue weighted by Crippen LogP contribution is 2.29. The minimum Gasteiger partial charge on any atom is -0.280 e. The minimum atomic E-state index is -3.59. The second kappa shape index (κ2) is 5.32. The van der Waals surface area contributed by atoms with Crippen molar-refractivity contribution in [1.29, 1.82) is 0 Å². The summed E-state index contributed by atoms with van der Waals surface area (Å²) in [6, 6.07) is 6.25. The van der Waals surface area contributed by atoms with Crippen LogP contribution in [0.4, 0.5) is 5.69 Å². The zero-order valence-corrected chi connectivity index (χ0v) is 13.3. The molecule has 19 heavy (non-hydrogen) atoms. The van der Waals surface area contributed by atoms with Crippen LogP contribution in [0.1, 0.15) is 9.75 Å². The summed E-state index contributed by atoms with van der Waals surface area (Å²) in [5.41, 5.74) is 0.387. The largest absolute Gasteiger partial charge is 0.280 e. The van der Waals surface area contributed by atoms with Crippen molar-refractivity contribution in [1.82, 2.24) is 0 Å². The molecule has 2 rings (SSSR count).